The molecule has 0 aliphatic carbocycles. The van der Waals surface area contributed by atoms with Crippen molar-refractivity contribution in [2.75, 3.05) is 25.0 Å². The Morgan fingerprint density at radius 1 is 1.32 bits per heavy atom. The topological polar surface area (TPSA) is 70.7 Å². The molecule has 0 radical (unpaired) electrons. The highest BCUT2D eigenvalue weighted by atomic mass is 79.9. The fourth-order valence-corrected chi connectivity index (χ4v) is 3.13. The number of nitrogens with zero attached hydrogens (tertiary/aromatic N) is 1. The Hall–Kier alpha value is -1.60. The fourth-order valence-electron chi connectivity index (χ4n) is 2.75. The Labute approximate surface area is 157 Å². The summed E-state index contributed by atoms with van der Waals surface area (Å²) in [5.74, 6) is -0.0650. The number of hydrogen-bond donors (Lipinski definition) is 2. The van der Waals surface area contributed by atoms with Crippen molar-refractivity contribution in [2.24, 2.45) is 0 Å². The summed E-state index contributed by atoms with van der Waals surface area (Å²) >= 11 is 3.42. The molecule has 2 rings (SSSR count). The van der Waals surface area contributed by atoms with Crippen molar-refractivity contribution in [2.45, 2.75) is 45.3 Å². The summed E-state index contributed by atoms with van der Waals surface area (Å²) in [5.41, 5.74) is 0.245. The maximum atomic E-state index is 12.3. The van der Waals surface area contributed by atoms with Crippen LogP contribution in [0.15, 0.2) is 28.7 Å². The van der Waals surface area contributed by atoms with Crippen molar-refractivity contribution in [3.05, 3.63) is 28.7 Å². The van der Waals surface area contributed by atoms with Crippen molar-refractivity contribution in [1.29, 1.82) is 0 Å². The summed E-state index contributed by atoms with van der Waals surface area (Å²) < 4.78 is 6.15. The van der Waals surface area contributed by atoms with Gasteiger partial charge in [-0.15, -0.1) is 0 Å². The molecule has 1 aromatic carbocycles. The zero-order valence-electron chi connectivity index (χ0n) is 15.0. The number of rotatable bonds is 4. The lowest BCUT2D eigenvalue weighted by atomic mass is 10.1. The normalized spacial score (nSPS) is 18.5. The second kappa shape index (κ2) is 8.67. The summed E-state index contributed by atoms with van der Waals surface area (Å²) in [6.45, 7) is 7.30. The Morgan fingerprint density at radius 3 is 2.72 bits per heavy atom. The van der Waals surface area contributed by atoms with Crippen molar-refractivity contribution in [3.8, 4) is 0 Å². The number of piperidine rings is 1. The number of likely N-dealkylation sites (tertiary alicyclic amines) is 1. The quantitative estimate of drug-likeness (QED) is 0.796. The number of halogens is 1. The average molecular weight is 412 g/mol. The van der Waals surface area contributed by atoms with Gasteiger partial charge in [-0.05, 0) is 68.2 Å². The van der Waals surface area contributed by atoms with Gasteiger partial charge in [0.15, 0.2) is 0 Å². The first-order valence-electron chi connectivity index (χ1n) is 8.49. The van der Waals surface area contributed by atoms with Crippen LogP contribution >= 0.6 is 15.9 Å². The van der Waals surface area contributed by atoms with Crippen LogP contribution in [0.5, 0.6) is 0 Å². The number of nitrogens with one attached hydrogen (secondary N) is 2. The molecular formula is C18H26BrN3O3. The maximum Gasteiger partial charge on any atom is 0.407 e. The van der Waals surface area contributed by atoms with Crippen LogP contribution in [0.4, 0.5) is 10.5 Å². The van der Waals surface area contributed by atoms with Crippen LogP contribution in [0.3, 0.4) is 0 Å². The molecule has 1 fully saturated rings. The molecule has 0 bridgehead atoms. The van der Waals surface area contributed by atoms with Crippen molar-refractivity contribution < 1.29 is 14.3 Å². The Bertz CT molecular complexity index is 616. The molecule has 1 heterocycles. The Balaban J connectivity index is 1.81. The van der Waals surface area contributed by atoms with E-state index < -0.39 is 11.7 Å². The van der Waals surface area contributed by atoms with E-state index in [2.05, 4.69) is 31.5 Å². The minimum Gasteiger partial charge on any atom is -0.444 e. The van der Waals surface area contributed by atoms with E-state index in [0.717, 1.165) is 29.5 Å². The van der Waals surface area contributed by atoms with Crippen molar-refractivity contribution >= 4 is 33.6 Å². The molecule has 25 heavy (non-hydrogen) atoms. The Morgan fingerprint density at radius 2 is 2.04 bits per heavy atom. The molecule has 0 spiro atoms. The van der Waals surface area contributed by atoms with Gasteiger partial charge in [0.2, 0.25) is 5.91 Å². The number of carbonyl (C=O) groups excluding carboxylic acids is 2. The molecule has 6 nitrogen and oxygen atoms in total. The van der Waals surface area contributed by atoms with Crippen LogP contribution in [-0.2, 0) is 9.53 Å². The highest BCUT2D eigenvalue weighted by Gasteiger charge is 2.25. The van der Waals surface area contributed by atoms with Gasteiger partial charge in [-0.25, -0.2) is 4.79 Å². The number of alkyl carbamates (subject to hydrolysis) is 1. The van der Waals surface area contributed by atoms with Crippen LogP contribution in [-0.4, -0.2) is 48.2 Å². The van der Waals surface area contributed by atoms with E-state index in [-0.39, 0.29) is 11.9 Å². The second-order valence-electron chi connectivity index (χ2n) is 7.25. The smallest absolute Gasteiger partial charge is 0.407 e. The number of para-hydroxylation sites is 1. The van der Waals surface area contributed by atoms with E-state index >= 15 is 0 Å². The molecule has 2 N–H and O–H groups in total. The van der Waals surface area contributed by atoms with E-state index in [1.807, 2.05) is 45.0 Å². The van der Waals surface area contributed by atoms with Crippen LogP contribution in [0.2, 0.25) is 0 Å². The molecule has 1 aromatic rings. The summed E-state index contributed by atoms with van der Waals surface area (Å²) in [6, 6.07) is 7.52. The monoisotopic (exact) mass is 411 g/mol. The zero-order chi connectivity index (χ0) is 18.4. The van der Waals surface area contributed by atoms with Crippen molar-refractivity contribution in [3.63, 3.8) is 0 Å². The zero-order valence-corrected chi connectivity index (χ0v) is 16.6. The minimum absolute atomic E-state index is 0.000128. The summed E-state index contributed by atoms with van der Waals surface area (Å²) in [7, 11) is 0. The third-order valence-electron chi connectivity index (χ3n) is 3.74. The van der Waals surface area contributed by atoms with E-state index in [1.165, 1.54) is 0 Å². The molecule has 1 saturated heterocycles. The van der Waals surface area contributed by atoms with Gasteiger partial charge in [-0.1, -0.05) is 12.1 Å². The minimum atomic E-state index is -0.513. The highest BCUT2D eigenvalue weighted by Crippen LogP contribution is 2.21. The lowest BCUT2D eigenvalue weighted by Crippen LogP contribution is -2.50. The van der Waals surface area contributed by atoms with Gasteiger partial charge < -0.3 is 15.4 Å². The number of carbonyl (C=O) groups is 2. The highest BCUT2D eigenvalue weighted by molar-refractivity contribution is 9.10. The van der Waals surface area contributed by atoms with Gasteiger partial charge in [0.05, 0.1) is 12.2 Å². The van der Waals surface area contributed by atoms with Gasteiger partial charge in [-0.2, -0.15) is 0 Å². The molecule has 0 aromatic heterocycles. The van der Waals surface area contributed by atoms with Crippen LogP contribution in [0.1, 0.15) is 33.6 Å². The van der Waals surface area contributed by atoms with Gasteiger partial charge >= 0.3 is 6.09 Å². The second-order valence-corrected chi connectivity index (χ2v) is 8.10. The first kappa shape index (κ1) is 19.7. The number of amides is 2. The van der Waals surface area contributed by atoms with Crippen LogP contribution < -0.4 is 10.6 Å². The third-order valence-corrected chi connectivity index (χ3v) is 4.43. The Kier molecular flexibility index (Phi) is 6.84. The molecular weight excluding hydrogens is 386 g/mol. The van der Waals surface area contributed by atoms with E-state index in [4.69, 9.17) is 4.74 Å². The van der Waals surface area contributed by atoms with Gasteiger partial charge in [0, 0.05) is 17.1 Å². The molecule has 0 saturated carbocycles. The number of hydrogen-bond acceptors (Lipinski definition) is 4. The predicted octanol–water partition coefficient (Wildman–Crippen LogP) is 3.38. The number of benzene rings is 1. The molecule has 7 heteroatoms. The predicted molar refractivity (Wildman–Crippen MR) is 102 cm³/mol. The molecule has 1 atom stereocenters. The van der Waals surface area contributed by atoms with Crippen LogP contribution in [0, 0.1) is 0 Å². The van der Waals surface area contributed by atoms with Crippen molar-refractivity contribution in [1.82, 2.24) is 10.2 Å². The van der Waals surface area contributed by atoms with E-state index in [1.54, 1.807) is 0 Å². The van der Waals surface area contributed by atoms with Crippen LogP contribution in [0.25, 0.3) is 0 Å². The summed E-state index contributed by atoms with van der Waals surface area (Å²) in [5, 5.41) is 5.80. The first-order chi connectivity index (χ1) is 11.7. The summed E-state index contributed by atoms with van der Waals surface area (Å²) in [6.07, 6.45) is 1.42. The molecule has 2 amide bonds. The van der Waals surface area contributed by atoms with E-state index in [0.29, 0.717) is 13.1 Å². The van der Waals surface area contributed by atoms with E-state index in [9.17, 15) is 9.59 Å². The average Bonchev–Trinajstić information content (AvgIpc) is 2.48. The summed E-state index contributed by atoms with van der Waals surface area (Å²) in [4.78, 5) is 26.2. The van der Waals surface area contributed by atoms with Gasteiger partial charge in [0.1, 0.15) is 5.60 Å². The number of anilines is 1. The largest absolute Gasteiger partial charge is 0.444 e. The number of ether oxygens (including phenoxy) is 1. The third kappa shape index (κ3) is 7.04. The van der Waals surface area contributed by atoms with Gasteiger partial charge in [0.25, 0.3) is 0 Å². The molecule has 1 aliphatic rings. The lowest BCUT2D eigenvalue weighted by molar-refractivity contribution is -0.117. The SMILES string of the molecule is CC(C)(C)OC(=O)NC1CCCN(CC(=O)Nc2ccccc2Br)C1. The standard InChI is InChI=1S/C18H26BrN3O3/c1-18(2,3)25-17(24)20-13-7-6-10-22(11-13)12-16(23)21-15-9-5-4-8-14(15)19/h4-5,8-9,13H,6-7,10-12H2,1-3H3,(H,20,24)(H,21,23). The molecule has 1 aliphatic heterocycles. The fraction of sp³-hybridized carbons (Fsp3) is 0.556. The lowest BCUT2D eigenvalue weighted by Gasteiger charge is -2.33. The molecule has 1 unspecified atom stereocenters. The maximum absolute atomic E-state index is 12.3. The first-order valence-corrected chi connectivity index (χ1v) is 9.28. The van der Waals surface area contributed by atoms with Gasteiger partial charge in [-0.3, -0.25) is 9.69 Å². The molecule has 138 valence electrons.